The Kier molecular flexibility index (Phi) is 6.53. The highest BCUT2D eigenvalue weighted by molar-refractivity contribution is 5.89. The third-order valence-electron chi connectivity index (χ3n) is 3.59. The summed E-state index contributed by atoms with van der Waals surface area (Å²) in [6.07, 6.45) is 0. The summed E-state index contributed by atoms with van der Waals surface area (Å²) in [5.41, 5.74) is 2.02. The number of nitrogens with one attached hydrogen (secondary N) is 1. The van der Waals surface area contributed by atoms with Crippen molar-refractivity contribution in [3.8, 4) is 0 Å². The Morgan fingerprint density at radius 3 is 1.86 bits per heavy atom. The normalized spacial score (nSPS) is 10.9. The van der Waals surface area contributed by atoms with Crippen LogP contribution in [-0.4, -0.2) is 36.1 Å². The van der Waals surface area contributed by atoms with Gasteiger partial charge in [-0.25, -0.2) is 4.79 Å². The topological polar surface area (TPSA) is 35.6 Å². The van der Waals surface area contributed by atoms with Crippen molar-refractivity contribution in [1.82, 2.24) is 4.90 Å². The first-order valence-corrected chi connectivity index (χ1v) is 7.85. The first-order valence-electron chi connectivity index (χ1n) is 7.85. The average Bonchev–Trinajstić information content (AvgIpc) is 2.41. The molecule has 2 amide bonds. The van der Waals surface area contributed by atoms with Gasteiger partial charge in [0.15, 0.2) is 0 Å². The number of hydrogen-bond donors (Lipinski definition) is 1. The molecule has 0 radical (unpaired) electrons. The van der Waals surface area contributed by atoms with Crippen LogP contribution in [0.2, 0.25) is 0 Å². The second-order valence-electron chi connectivity index (χ2n) is 5.74. The maximum absolute atomic E-state index is 12.3. The summed E-state index contributed by atoms with van der Waals surface area (Å²) in [7, 11) is 0. The van der Waals surface area contributed by atoms with Crippen molar-refractivity contribution in [3.05, 3.63) is 24.3 Å². The number of carbonyl (C=O) groups is 1. The van der Waals surface area contributed by atoms with Crippen LogP contribution >= 0.6 is 0 Å². The van der Waals surface area contributed by atoms with E-state index in [1.807, 2.05) is 44.7 Å². The van der Waals surface area contributed by atoms with Gasteiger partial charge in [-0.1, -0.05) is 0 Å². The lowest BCUT2D eigenvalue weighted by atomic mass is 10.2. The molecule has 21 heavy (non-hydrogen) atoms. The van der Waals surface area contributed by atoms with Gasteiger partial charge >= 0.3 is 6.03 Å². The molecule has 0 atom stereocenters. The molecule has 0 fully saturated rings. The summed E-state index contributed by atoms with van der Waals surface area (Å²) in [5, 5.41) is 2.98. The Labute approximate surface area is 129 Å². The highest BCUT2D eigenvalue weighted by Crippen LogP contribution is 2.18. The lowest BCUT2D eigenvalue weighted by molar-refractivity contribution is 0.178. The second kappa shape index (κ2) is 7.91. The fourth-order valence-electron chi connectivity index (χ4n) is 2.60. The van der Waals surface area contributed by atoms with Crippen LogP contribution in [0.1, 0.15) is 41.5 Å². The molecule has 1 N–H and O–H groups in total. The summed E-state index contributed by atoms with van der Waals surface area (Å²) in [6, 6.07) is 8.35. The van der Waals surface area contributed by atoms with Crippen molar-refractivity contribution in [2.24, 2.45) is 0 Å². The van der Waals surface area contributed by atoms with Gasteiger partial charge in [-0.2, -0.15) is 0 Å². The maximum atomic E-state index is 12.3. The SMILES string of the molecule is CCN(CC)c1ccc(NC(=O)N(C(C)C)C(C)C)cc1. The van der Waals surface area contributed by atoms with Crippen LogP contribution in [0.5, 0.6) is 0 Å². The summed E-state index contributed by atoms with van der Waals surface area (Å²) in [6.45, 7) is 14.4. The van der Waals surface area contributed by atoms with Crippen molar-refractivity contribution in [2.75, 3.05) is 23.3 Å². The lowest BCUT2D eigenvalue weighted by Crippen LogP contribution is -2.44. The van der Waals surface area contributed by atoms with Gasteiger partial charge < -0.3 is 15.1 Å². The zero-order chi connectivity index (χ0) is 16.0. The van der Waals surface area contributed by atoms with Gasteiger partial charge in [0.25, 0.3) is 0 Å². The van der Waals surface area contributed by atoms with Gasteiger partial charge in [0.05, 0.1) is 0 Å². The third kappa shape index (κ3) is 4.66. The van der Waals surface area contributed by atoms with Gasteiger partial charge in [0, 0.05) is 36.5 Å². The molecular formula is C17H29N3O. The predicted molar refractivity (Wildman–Crippen MR) is 91.1 cm³/mol. The van der Waals surface area contributed by atoms with Crippen molar-refractivity contribution >= 4 is 17.4 Å². The minimum absolute atomic E-state index is 0.0458. The minimum Gasteiger partial charge on any atom is -0.372 e. The molecule has 0 aromatic heterocycles. The Balaban J connectivity index is 2.77. The second-order valence-corrected chi connectivity index (χ2v) is 5.74. The van der Waals surface area contributed by atoms with Crippen LogP contribution in [-0.2, 0) is 0 Å². The molecule has 0 heterocycles. The van der Waals surface area contributed by atoms with Crippen LogP contribution in [0.15, 0.2) is 24.3 Å². The number of rotatable bonds is 6. The smallest absolute Gasteiger partial charge is 0.322 e. The minimum atomic E-state index is -0.0458. The van der Waals surface area contributed by atoms with E-state index >= 15 is 0 Å². The Bertz CT molecular complexity index is 428. The molecule has 0 aliphatic rings. The fraction of sp³-hybridized carbons (Fsp3) is 0.588. The van der Waals surface area contributed by atoms with E-state index in [0.29, 0.717) is 0 Å². The van der Waals surface area contributed by atoms with Crippen LogP contribution in [0.3, 0.4) is 0 Å². The Morgan fingerprint density at radius 2 is 1.48 bits per heavy atom. The molecule has 1 aromatic carbocycles. The molecule has 4 nitrogen and oxygen atoms in total. The van der Waals surface area contributed by atoms with Crippen LogP contribution < -0.4 is 10.2 Å². The third-order valence-corrected chi connectivity index (χ3v) is 3.59. The fourth-order valence-corrected chi connectivity index (χ4v) is 2.60. The molecule has 0 aliphatic carbocycles. The van der Waals surface area contributed by atoms with E-state index in [1.165, 1.54) is 5.69 Å². The molecule has 0 bridgehead atoms. The zero-order valence-corrected chi connectivity index (χ0v) is 14.2. The quantitative estimate of drug-likeness (QED) is 0.853. The first-order chi connectivity index (χ1) is 9.90. The number of hydrogen-bond acceptors (Lipinski definition) is 2. The molecule has 1 rings (SSSR count). The number of carbonyl (C=O) groups excluding carboxylic acids is 1. The van der Waals surface area contributed by atoms with E-state index in [4.69, 9.17) is 0 Å². The number of urea groups is 1. The number of anilines is 2. The predicted octanol–water partition coefficient (Wildman–Crippen LogP) is 4.18. The summed E-state index contributed by atoms with van der Waals surface area (Å²) in [4.78, 5) is 16.5. The summed E-state index contributed by atoms with van der Waals surface area (Å²) in [5.74, 6) is 0. The molecule has 1 aromatic rings. The van der Waals surface area contributed by atoms with Crippen LogP contribution in [0.25, 0.3) is 0 Å². The van der Waals surface area contributed by atoms with Crippen molar-refractivity contribution in [3.63, 3.8) is 0 Å². The highest BCUT2D eigenvalue weighted by Gasteiger charge is 2.19. The van der Waals surface area contributed by atoms with Crippen LogP contribution in [0, 0.1) is 0 Å². The molecule has 4 heteroatoms. The van der Waals surface area contributed by atoms with Gasteiger partial charge in [0.1, 0.15) is 0 Å². The number of amides is 2. The Hall–Kier alpha value is -1.71. The lowest BCUT2D eigenvalue weighted by Gasteiger charge is -2.30. The van der Waals surface area contributed by atoms with E-state index in [9.17, 15) is 4.79 Å². The monoisotopic (exact) mass is 291 g/mol. The van der Waals surface area contributed by atoms with Crippen LogP contribution in [0.4, 0.5) is 16.2 Å². The molecule has 0 saturated heterocycles. The molecule has 0 saturated carbocycles. The van der Waals surface area contributed by atoms with E-state index in [-0.39, 0.29) is 18.1 Å². The summed E-state index contributed by atoms with van der Waals surface area (Å²) >= 11 is 0. The van der Waals surface area contributed by atoms with Gasteiger partial charge in [-0.05, 0) is 65.8 Å². The average molecular weight is 291 g/mol. The molecule has 0 unspecified atom stereocenters. The van der Waals surface area contributed by atoms with Gasteiger partial charge in [-0.3, -0.25) is 0 Å². The standard InChI is InChI=1S/C17H29N3O/c1-7-19(8-2)16-11-9-15(10-12-16)18-17(21)20(13(3)4)14(5)6/h9-14H,7-8H2,1-6H3,(H,18,21). The molecule has 0 aliphatic heterocycles. The first kappa shape index (κ1) is 17.3. The molecule has 0 spiro atoms. The van der Waals surface area contributed by atoms with E-state index < -0.39 is 0 Å². The Morgan fingerprint density at radius 1 is 1.00 bits per heavy atom. The molecule has 118 valence electrons. The largest absolute Gasteiger partial charge is 0.372 e. The van der Waals surface area contributed by atoms with E-state index in [1.54, 1.807) is 0 Å². The van der Waals surface area contributed by atoms with E-state index in [2.05, 4.69) is 36.2 Å². The highest BCUT2D eigenvalue weighted by atomic mass is 16.2. The van der Waals surface area contributed by atoms with Crippen molar-refractivity contribution in [2.45, 2.75) is 53.6 Å². The zero-order valence-electron chi connectivity index (χ0n) is 14.2. The number of benzene rings is 1. The van der Waals surface area contributed by atoms with Crippen molar-refractivity contribution < 1.29 is 4.79 Å². The van der Waals surface area contributed by atoms with E-state index in [0.717, 1.165) is 18.8 Å². The van der Waals surface area contributed by atoms with Crippen molar-refractivity contribution in [1.29, 1.82) is 0 Å². The summed E-state index contributed by atoms with van der Waals surface area (Å²) < 4.78 is 0. The van der Waals surface area contributed by atoms with Gasteiger partial charge in [-0.15, -0.1) is 0 Å². The molecular weight excluding hydrogens is 262 g/mol. The van der Waals surface area contributed by atoms with Gasteiger partial charge in [0.2, 0.25) is 0 Å². The maximum Gasteiger partial charge on any atom is 0.322 e. The number of nitrogens with zero attached hydrogens (tertiary/aromatic N) is 2.